The van der Waals surface area contributed by atoms with Gasteiger partial charge in [0.2, 0.25) is 10.0 Å². The van der Waals surface area contributed by atoms with Crippen molar-refractivity contribution >= 4 is 10.0 Å². The molecule has 0 aromatic heterocycles. The van der Waals surface area contributed by atoms with Gasteiger partial charge in [-0.25, -0.2) is 8.42 Å². The second-order valence-corrected chi connectivity index (χ2v) is 8.36. The number of rotatable bonds is 5. The van der Waals surface area contributed by atoms with Gasteiger partial charge >= 0.3 is 0 Å². The van der Waals surface area contributed by atoms with E-state index in [0.29, 0.717) is 6.54 Å². The zero-order chi connectivity index (χ0) is 14.0. The molecule has 0 radical (unpaired) electrons. The van der Waals surface area contributed by atoms with Crippen LogP contribution in [0.4, 0.5) is 0 Å². The third-order valence-corrected chi connectivity index (χ3v) is 6.98. The Bertz CT molecular complexity index is 357. The van der Waals surface area contributed by atoms with Crippen LogP contribution in [0.5, 0.6) is 0 Å². The monoisotopic (exact) mass is 276 g/mol. The summed E-state index contributed by atoms with van der Waals surface area (Å²) in [6, 6.07) is 0. The van der Waals surface area contributed by atoms with Gasteiger partial charge in [-0.1, -0.05) is 13.3 Å². The minimum Gasteiger partial charge on any atom is -0.329 e. The lowest BCUT2D eigenvalue weighted by Crippen LogP contribution is -2.57. The van der Waals surface area contributed by atoms with Crippen LogP contribution in [-0.4, -0.2) is 37.1 Å². The SMILES string of the molecule is CCC1CCC(CN)(N(C)S(=O)(=O)C(C)C)CC1. The lowest BCUT2D eigenvalue weighted by Gasteiger charge is -2.45. The molecule has 0 amide bonds. The molecular formula is C13H28N2O2S. The third-order valence-electron chi connectivity index (χ3n) is 4.64. The summed E-state index contributed by atoms with van der Waals surface area (Å²) < 4.78 is 26.2. The molecule has 0 aromatic carbocycles. The van der Waals surface area contributed by atoms with Gasteiger partial charge in [-0.05, 0) is 45.4 Å². The summed E-state index contributed by atoms with van der Waals surface area (Å²) in [7, 11) is -1.52. The predicted octanol–water partition coefficient (Wildman–Crippen LogP) is 1.95. The van der Waals surface area contributed by atoms with Crippen molar-refractivity contribution in [3.63, 3.8) is 0 Å². The van der Waals surface area contributed by atoms with Crippen LogP contribution >= 0.6 is 0 Å². The van der Waals surface area contributed by atoms with E-state index in [4.69, 9.17) is 5.73 Å². The van der Waals surface area contributed by atoms with Gasteiger partial charge in [0.1, 0.15) is 0 Å². The van der Waals surface area contributed by atoms with Crippen LogP contribution in [0.3, 0.4) is 0 Å². The Labute approximate surface area is 112 Å². The molecule has 0 spiro atoms. The highest BCUT2D eigenvalue weighted by atomic mass is 32.2. The van der Waals surface area contributed by atoms with Crippen molar-refractivity contribution < 1.29 is 8.42 Å². The molecule has 0 saturated heterocycles. The van der Waals surface area contributed by atoms with Gasteiger partial charge in [0.05, 0.1) is 5.25 Å². The number of nitrogens with two attached hydrogens (primary N) is 1. The zero-order valence-electron chi connectivity index (χ0n) is 12.1. The summed E-state index contributed by atoms with van der Waals surface area (Å²) in [5.74, 6) is 0.736. The van der Waals surface area contributed by atoms with E-state index in [1.54, 1.807) is 25.2 Å². The molecule has 1 rings (SSSR count). The molecule has 1 aliphatic rings. The summed E-state index contributed by atoms with van der Waals surface area (Å²) in [6.45, 7) is 6.09. The Morgan fingerprint density at radius 3 is 2.17 bits per heavy atom. The van der Waals surface area contributed by atoms with Gasteiger partial charge in [-0.15, -0.1) is 0 Å². The van der Waals surface area contributed by atoms with Crippen LogP contribution < -0.4 is 5.73 Å². The highest BCUT2D eigenvalue weighted by molar-refractivity contribution is 7.89. The Hall–Kier alpha value is -0.130. The lowest BCUT2D eigenvalue weighted by molar-refractivity contribution is 0.128. The van der Waals surface area contributed by atoms with E-state index in [1.165, 1.54) is 6.42 Å². The fourth-order valence-electron chi connectivity index (χ4n) is 2.86. The standard InChI is InChI=1S/C13H28N2O2S/c1-5-12-6-8-13(10-14,9-7-12)15(4)18(16,17)11(2)3/h11-12H,5-10,14H2,1-4H3. The molecule has 0 heterocycles. The average Bonchev–Trinajstić information content (AvgIpc) is 2.37. The second kappa shape index (κ2) is 5.88. The van der Waals surface area contributed by atoms with Crippen molar-refractivity contribution in [1.82, 2.24) is 4.31 Å². The first-order chi connectivity index (χ1) is 8.30. The normalized spacial score (nSPS) is 30.1. The van der Waals surface area contributed by atoms with Gasteiger partial charge < -0.3 is 5.73 Å². The van der Waals surface area contributed by atoms with Crippen LogP contribution in [0.25, 0.3) is 0 Å². The van der Waals surface area contributed by atoms with E-state index >= 15 is 0 Å². The van der Waals surface area contributed by atoms with E-state index in [9.17, 15) is 8.42 Å². The molecule has 2 N–H and O–H groups in total. The molecular weight excluding hydrogens is 248 g/mol. The van der Waals surface area contributed by atoms with Crippen molar-refractivity contribution in [1.29, 1.82) is 0 Å². The summed E-state index contributed by atoms with van der Waals surface area (Å²) >= 11 is 0. The fraction of sp³-hybridized carbons (Fsp3) is 1.00. The lowest BCUT2D eigenvalue weighted by atomic mass is 9.75. The maximum Gasteiger partial charge on any atom is 0.216 e. The molecule has 0 bridgehead atoms. The molecule has 0 aliphatic heterocycles. The van der Waals surface area contributed by atoms with Crippen LogP contribution in [0.15, 0.2) is 0 Å². The first-order valence-corrected chi connectivity index (χ1v) is 8.48. The molecule has 18 heavy (non-hydrogen) atoms. The van der Waals surface area contributed by atoms with E-state index in [1.807, 2.05) is 0 Å². The van der Waals surface area contributed by atoms with E-state index in [2.05, 4.69) is 6.92 Å². The highest BCUT2D eigenvalue weighted by Gasteiger charge is 2.43. The van der Waals surface area contributed by atoms with Crippen LogP contribution in [0, 0.1) is 5.92 Å². The quantitative estimate of drug-likeness (QED) is 0.835. The molecule has 4 nitrogen and oxygen atoms in total. The van der Waals surface area contributed by atoms with E-state index in [0.717, 1.165) is 31.6 Å². The Morgan fingerprint density at radius 1 is 1.33 bits per heavy atom. The van der Waals surface area contributed by atoms with E-state index in [-0.39, 0.29) is 10.8 Å². The number of hydrogen-bond donors (Lipinski definition) is 1. The van der Waals surface area contributed by atoms with E-state index < -0.39 is 10.0 Å². The van der Waals surface area contributed by atoms with Crippen molar-refractivity contribution in [3.8, 4) is 0 Å². The minimum absolute atomic E-state index is 0.352. The molecule has 0 atom stereocenters. The molecule has 108 valence electrons. The van der Waals surface area contributed by atoms with Crippen LogP contribution in [-0.2, 0) is 10.0 Å². The summed E-state index contributed by atoms with van der Waals surface area (Å²) in [5, 5.41) is -0.380. The summed E-state index contributed by atoms with van der Waals surface area (Å²) in [6.07, 6.45) is 5.15. The largest absolute Gasteiger partial charge is 0.329 e. The molecule has 0 unspecified atom stereocenters. The number of nitrogens with zero attached hydrogens (tertiary/aromatic N) is 1. The number of sulfonamides is 1. The van der Waals surface area contributed by atoms with Crippen LogP contribution in [0.1, 0.15) is 52.9 Å². The fourth-order valence-corrected chi connectivity index (χ4v) is 4.29. The molecule has 1 saturated carbocycles. The second-order valence-electron chi connectivity index (χ2n) is 5.84. The van der Waals surface area contributed by atoms with Gasteiger partial charge in [0.15, 0.2) is 0 Å². The van der Waals surface area contributed by atoms with Gasteiger partial charge in [-0.3, -0.25) is 0 Å². The van der Waals surface area contributed by atoms with Crippen molar-refractivity contribution in [3.05, 3.63) is 0 Å². The molecule has 1 fully saturated rings. The van der Waals surface area contributed by atoms with Crippen molar-refractivity contribution in [2.75, 3.05) is 13.6 Å². The minimum atomic E-state index is -3.22. The first-order valence-electron chi connectivity index (χ1n) is 6.98. The summed E-state index contributed by atoms with van der Waals surface area (Å²) in [5.41, 5.74) is 5.56. The van der Waals surface area contributed by atoms with Gasteiger partial charge in [0.25, 0.3) is 0 Å². The number of hydrogen-bond acceptors (Lipinski definition) is 3. The Balaban J connectivity index is 2.90. The van der Waals surface area contributed by atoms with Crippen molar-refractivity contribution in [2.24, 2.45) is 11.7 Å². The maximum absolute atomic E-state index is 12.3. The molecule has 5 heteroatoms. The zero-order valence-corrected chi connectivity index (χ0v) is 13.0. The summed E-state index contributed by atoms with van der Waals surface area (Å²) in [4.78, 5) is 0. The first kappa shape index (κ1) is 15.9. The van der Waals surface area contributed by atoms with Crippen molar-refractivity contribution in [2.45, 2.75) is 63.7 Å². The molecule has 1 aliphatic carbocycles. The van der Waals surface area contributed by atoms with Gasteiger partial charge in [0, 0.05) is 19.1 Å². The third kappa shape index (κ3) is 2.89. The predicted molar refractivity (Wildman–Crippen MR) is 75.9 cm³/mol. The van der Waals surface area contributed by atoms with Gasteiger partial charge in [-0.2, -0.15) is 4.31 Å². The smallest absolute Gasteiger partial charge is 0.216 e. The average molecular weight is 276 g/mol. The maximum atomic E-state index is 12.3. The Kier molecular flexibility index (Phi) is 5.21. The highest BCUT2D eigenvalue weighted by Crippen LogP contribution is 2.38. The molecule has 0 aromatic rings. The topological polar surface area (TPSA) is 63.4 Å². The Morgan fingerprint density at radius 2 is 1.83 bits per heavy atom. The number of likely N-dealkylation sites (N-methyl/N-ethyl adjacent to an activating group) is 1. The van der Waals surface area contributed by atoms with Crippen LogP contribution in [0.2, 0.25) is 0 Å².